The van der Waals surface area contributed by atoms with E-state index in [1.165, 1.54) is 0 Å². The molecular formula is C11H23N3O2. The number of urea groups is 1. The van der Waals surface area contributed by atoms with Crippen LogP contribution in [0.3, 0.4) is 0 Å². The molecule has 1 rings (SSSR count). The quantitative estimate of drug-likeness (QED) is 0.646. The van der Waals surface area contributed by atoms with Gasteiger partial charge in [0.05, 0.1) is 12.6 Å². The molecule has 1 fully saturated rings. The fraction of sp³-hybridized carbons (Fsp3) is 0.909. The smallest absolute Gasteiger partial charge is 0.315 e. The van der Waals surface area contributed by atoms with E-state index in [1.54, 1.807) is 0 Å². The average molecular weight is 229 g/mol. The molecule has 1 saturated heterocycles. The minimum atomic E-state index is -0.288. The minimum absolute atomic E-state index is 0.146. The van der Waals surface area contributed by atoms with Gasteiger partial charge in [-0.05, 0) is 19.3 Å². The van der Waals surface area contributed by atoms with E-state index in [4.69, 9.17) is 10.5 Å². The van der Waals surface area contributed by atoms with E-state index in [2.05, 4.69) is 10.6 Å². The number of nitrogens with two attached hydrogens (primary N) is 1. The normalized spacial score (nSPS) is 20.8. The van der Waals surface area contributed by atoms with Crippen molar-refractivity contribution in [1.29, 1.82) is 0 Å². The van der Waals surface area contributed by atoms with Crippen LogP contribution in [0.1, 0.15) is 33.1 Å². The number of hydrogen-bond acceptors (Lipinski definition) is 3. The molecule has 1 unspecified atom stereocenters. The summed E-state index contributed by atoms with van der Waals surface area (Å²) in [4.78, 5) is 11.5. The van der Waals surface area contributed by atoms with Gasteiger partial charge in [0.15, 0.2) is 0 Å². The Hall–Kier alpha value is -0.810. The van der Waals surface area contributed by atoms with Crippen LogP contribution in [0, 0.1) is 0 Å². The molecule has 0 aromatic rings. The summed E-state index contributed by atoms with van der Waals surface area (Å²) in [5.74, 6) is 0. The predicted molar refractivity (Wildman–Crippen MR) is 63.3 cm³/mol. The lowest BCUT2D eigenvalue weighted by Gasteiger charge is -2.27. The molecule has 1 aliphatic heterocycles. The van der Waals surface area contributed by atoms with E-state index in [9.17, 15) is 4.79 Å². The maximum absolute atomic E-state index is 11.5. The van der Waals surface area contributed by atoms with Crippen LogP contribution in [0.5, 0.6) is 0 Å². The zero-order valence-corrected chi connectivity index (χ0v) is 10.2. The second-order valence-electron chi connectivity index (χ2n) is 4.46. The Labute approximate surface area is 97.1 Å². The lowest BCUT2D eigenvalue weighted by Crippen LogP contribution is -2.52. The summed E-state index contributed by atoms with van der Waals surface area (Å²) in [6.45, 7) is 5.93. The number of rotatable bonds is 5. The van der Waals surface area contributed by atoms with E-state index in [0.717, 1.165) is 25.9 Å². The molecule has 1 aliphatic rings. The topological polar surface area (TPSA) is 76.4 Å². The van der Waals surface area contributed by atoms with Crippen LogP contribution in [-0.2, 0) is 4.74 Å². The van der Waals surface area contributed by atoms with Crippen molar-refractivity contribution >= 4 is 6.03 Å². The molecule has 5 nitrogen and oxygen atoms in total. The van der Waals surface area contributed by atoms with Crippen LogP contribution in [0.4, 0.5) is 4.79 Å². The van der Waals surface area contributed by atoms with Gasteiger partial charge in [0, 0.05) is 18.7 Å². The van der Waals surface area contributed by atoms with Crippen molar-refractivity contribution in [3.63, 3.8) is 0 Å². The molecule has 0 bridgehead atoms. The fourth-order valence-electron chi connectivity index (χ4n) is 1.64. The van der Waals surface area contributed by atoms with Gasteiger partial charge in [-0.3, -0.25) is 0 Å². The summed E-state index contributed by atoms with van der Waals surface area (Å²) in [6, 6.07) is 0.00246. The fourth-order valence-corrected chi connectivity index (χ4v) is 1.64. The van der Waals surface area contributed by atoms with Gasteiger partial charge in [-0.15, -0.1) is 0 Å². The zero-order chi connectivity index (χ0) is 12.0. The van der Waals surface area contributed by atoms with E-state index < -0.39 is 0 Å². The number of amides is 2. The van der Waals surface area contributed by atoms with Crippen LogP contribution in [0.2, 0.25) is 0 Å². The van der Waals surface area contributed by atoms with Crippen LogP contribution < -0.4 is 16.4 Å². The number of hydrogen-bond donors (Lipinski definition) is 3. The van der Waals surface area contributed by atoms with Gasteiger partial charge >= 0.3 is 6.03 Å². The van der Waals surface area contributed by atoms with E-state index in [0.29, 0.717) is 13.2 Å². The Kier molecular flexibility index (Phi) is 5.02. The van der Waals surface area contributed by atoms with Crippen LogP contribution in [0.15, 0.2) is 0 Å². The summed E-state index contributed by atoms with van der Waals surface area (Å²) in [7, 11) is 0. The van der Waals surface area contributed by atoms with Crippen LogP contribution >= 0.6 is 0 Å². The summed E-state index contributed by atoms with van der Waals surface area (Å²) in [5.41, 5.74) is 5.80. The second-order valence-corrected chi connectivity index (χ2v) is 4.46. The van der Waals surface area contributed by atoms with Crippen molar-refractivity contribution in [2.45, 2.75) is 44.7 Å². The first-order chi connectivity index (χ1) is 7.59. The highest BCUT2D eigenvalue weighted by Gasteiger charge is 2.22. The Morgan fingerprint density at radius 2 is 2.19 bits per heavy atom. The molecule has 2 amide bonds. The number of carbonyl (C=O) groups excluding carboxylic acids is 1. The first-order valence-corrected chi connectivity index (χ1v) is 6.00. The molecule has 94 valence electrons. The largest absolute Gasteiger partial charge is 0.379 e. The molecule has 0 aliphatic carbocycles. The predicted octanol–water partition coefficient (Wildman–Crippen LogP) is 0.592. The summed E-state index contributed by atoms with van der Waals surface area (Å²) in [5, 5.41) is 5.69. The van der Waals surface area contributed by atoms with Gasteiger partial charge in [-0.2, -0.15) is 0 Å². The third kappa shape index (κ3) is 3.98. The summed E-state index contributed by atoms with van der Waals surface area (Å²) >= 11 is 0. The van der Waals surface area contributed by atoms with E-state index in [-0.39, 0.29) is 17.6 Å². The third-order valence-corrected chi connectivity index (χ3v) is 3.27. The summed E-state index contributed by atoms with van der Waals surface area (Å²) < 4.78 is 5.18. The van der Waals surface area contributed by atoms with Gasteiger partial charge in [-0.1, -0.05) is 13.8 Å². The van der Waals surface area contributed by atoms with Crippen molar-refractivity contribution in [2.75, 3.05) is 19.8 Å². The molecule has 16 heavy (non-hydrogen) atoms. The van der Waals surface area contributed by atoms with E-state index in [1.807, 2.05) is 13.8 Å². The highest BCUT2D eigenvalue weighted by molar-refractivity contribution is 5.74. The highest BCUT2D eigenvalue weighted by atomic mass is 16.5. The minimum Gasteiger partial charge on any atom is -0.379 e. The lowest BCUT2D eigenvalue weighted by molar-refractivity contribution is 0.188. The van der Waals surface area contributed by atoms with Gasteiger partial charge in [0.2, 0.25) is 0 Å². The van der Waals surface area contributed by atoms with Gasteiger partial charge < -0.3 is 21.1 Å². The first kappa shape index (κ1) is 13.3. The molecule has 0 aromatic heterocycles. The van der Waals surface area contributed by atoms with Crippen molar-refractivity contribution < 1.29 is 9.53 Å². The molecular weight excluding hydrogens is 206 g/mol. The maximum atomic E-state index is 11.5. The van der Waals surface area contributed by atoms with Crippen molar-refractivity contribution in [3.05, 3.63) is 0 Å². The highest BCUT2D eigenvalue weighted by Crippen LogP contribution is 2.09. The lowest BCUT2D eigenvalue weighted by atomic mass is 9.94. The number of ether oxygens (including phenoxy) is 1. The molecule has 1 heterocycles. The third-order valence-electron chi connectivity index (χ3n) is 3.27. The van der Waals surface area contributed by atoms with Gasteiger partial charge in [-0.25, -0.2) is 4.79 Å². The van der Waals surface area contributed by atoms with Gasteiger partial charge in [0.25, 0.3) is 0 Å². The molecule has 0 spiro atoms. The average Bonchev–Trinajstić information content (AvgIpc) is 2.79. The van der Waals surface area contributed by atoms with E-state index >= 15 is 0 Å². The SMILES string of the molecule is CCC(N)(CC)CNC(=O)NC1CCOC1. The van der Waals surface area contributed by atoms with Crippen molar-refractivity contribution in [3.8, 4) is 0 Å². The molecule has 5 heteroatoms. The second kappa shape index (κ2) is 6.06. The Bertz CT molecular complexity index is 223. The molecule has 0 radical (unpaired) electrons. The number of carbonyl (C=O) groups is 1. The van der Waals surface area contributed by atoms with Crippen molar-refractivity contribution in [1.82, 2.24) is 10.6 Å². The Morgan fingerprint density at radius 3 is 2.69 bits per heavy atom. The molecule has 1 atom stereocenters. The molecule has 0 saturated carbocycles. The molecule has 0 aromatic carbocycles. The standard InChI is InChI=1S/C11H23N3O2/c1-3-11(12,4-2)8-13-10(15)14-9-5-6-16-7-9/h9H,3-8,12H2,1-2H3,(H2,13,14,15). The monoisotopic (exact) mass is 229 g/mol. The molecule has 4 N–H and O–H groups in total. The van der Waals surface area contributed by atoms with Gasteiger partial charge in [0.1, 0.15) is 0 Å². The maximum Gasteiger partial charge on any atom is 0.315 e. The number of nitrogens with one attached hydrogen (secondary N) is 2. The summed E-state index contributed by atoms with van der Waals surface area (Å²) in [6.07, 6.45) is 2.61. The van der Waals surface area contributed by atoms with Crippen LogP contribution in [-0.4, -0.2) is 37.4 Å². The first-order valence-electron chi connectivity index (χ1n) is 6.00. The Balaban J connectivity index is 2.23. The zero-order valence-electron chi connectivity index (χ0n) is 10.2. The van der Waals surface area contributed by atoms with Crippen LogP contribution in [0.25, 0.3) is 0 Å². The Morgan fingerprint density at radius 1 is 1.50 bits per heavy atom. The van der Waals surface area contributed by atoms with Crippen molar-refractivity contribution in [2.24, 2.45) is 5.73 Å².